The third-order valence-corrected chi connectivity index (χ3v) is 6.40. The van der Waals surface area contributed by atoms with Gasteiger partial charge in [0.2, 0.25) is 11.7 Å². The molecule has 2 amide bonds. The van der Waals surface area contributed by atoms with Crippen LogP contribution in [0.25, 0.3) is 0 Å². The van der Waals surface area contributed by atoms with Gasteiger partial charge in [0, 0.05) is 31.1 Å². The van der Waals surface area contributed by atoms with E-state index in [1.54, 1.807) is 12.1 Å². The molecule has 1 N–H and O–H groups in total. The monoisotopic (exact) mass is 468 g/mol. The summed E-state index contributed by atoms with van der Waals surface area (Å²) >= 11 is 0. The first kappa shape index (κ1) is 25.4. The number of likely N-dealkylation sites (tertiary alicyclic amines) is 1. The summed E-state index contributed by atoms with van der Waals surface area (Å²) in [6, 6.07) is 13.8. The maximum atomic E-state index is 13.1. The second-order valence-electron chi connectivity index (χ2n) is 8.85. The van der Waals surface area contributed by atoms with Gasteiger partial charge in [-0.3, -0.25) is 9.59 Å². The molecule has 1 atom stereocenters. The number of ether oxygens (including phenoxy) is 3. The van der Waals surface area contributed by atoms with Crippen LogP contribution in [0, 0.1) is 5.92 Å². The highest BCUT2D eigenvalue weighted by molar-refractivity contribution is 5.95. The van der Waals surface area contributed by atoms with E-state index in [0.717, 1.165) is 25.7 Å². The highest BCUT2D eigenvalue weighted by Crippen LogP contribution is 2.38. The average molecular weight is 469 g/mol. The van der Waals surface area contributed by atoms with Crippen LogP contribution in [-0.4, -0.2) is 57.2 Å². The van der Waals surface area contributed by atoms with Gasteiger partial charge in [-0.1, -0.05) is 30.3 Å². The third-order valence-electron chi connectivity index (χ3n) is 6.40. The summed E-state index contributed by atoms with van der Waals surface area (Å²) in [6.07, 6.45) is 3.98. The number of aryl methyl sites for hydroxylation is 1. The van der Waals surface area contributed by atoms with Crippen LogP contribution in [0.5, 0.6) is 17.2 Å². The maximum Gasteiger partial charge on any atom is 0.254 e. The molecule has 1 saturated heterocycles. The lowest BCUT2D eigenvalue weighted by atomic mass is 9.92. The molecule has 34 heavy (non-hydrogen) atoms. The van der Waals surface area contributed by atoms with Gasteiger partial charge < -0.3 is 24.4 Å². The van der Waals surface area contributed by atoms with Gasteiger partial charge in [0.1, 0.15) is 0 Å². The predicted octanol–water partition coefficient (Wildman–Crippen LogP) is 4.09. The van der Waals surface area contributed by atoms with E-state index in [9.17, 15) is 9.59 Å². The first-order chi connectivity index (χ1) is 16.4. The largest absolute Gasteiger partial charge is 0.493 e. The van der Waals surface area contributed by atoms with E-state index in [0.29, 0.717) is 42.3 Å². The van der Waals surface area contributed by atoms with Crippen molar-refractivity contribution in [2.45, 2.75) is 45.1 Å². The van der Waals surface area contributed by atoms with Crippen molar-refractivity contribution >= 4 is 11.8 Å². The molecule has 0 saturated carbocycles. The first-order valence-corrected chi connectivity index (χ1v) is 11.9. The normalized spacial score (nSPS) is 14.9. The van der Waals surface area contributed by atoms with Crippen LogP contribution in [-0.2, 0) is 11.2 Å². The fraction of sp³-hybridized carbons (Fsp3) is 0.481. The first-order valence-electron chi connectivity index (χ1n) is 11.9. The summed E-state index contributed by atoms with van der Waals surface area (Å²) in [5, 5.41) is 3.13. The zero-order chi connectivity index (χ0) is 24.5. The Morgan fingerprint density at radius 3 is 2.18 bits per heavy atom. The molecule has 184 valence electrons. The summed E-state index contributed by atoms with van der Waals surface area (Å²) in [6.45, 7) is 3.30. The Bertz CT molecular complexity index is 930. The van der Waals surface area contributed by atoms with E-state index in [-0.39, 0.29) is 23.8 Å². The number of piperidine rings is 1. The summed E-state index contributed by atoms with van der Waals surface area (Å²) < 4.78 is 16.1. The SMILES string of the molecule is COc1cc(C(=O)N2CCC(CC(=O)NC(C)CCc3ccccc3)CC2)cc(OC)c1OC. The second-order valence-corrected chi connectivity index (χ2v) is 8.85. The second kappa shape index (κ2) is 12.3. The van der Waals surface area contributed by atoms with E-state index in [1.165, 1.54) is 26.9 Å². The Hall–Kier alpha value is -3.22. The number of rotatable bonds is 10. The molecule has 7 nitrogen and oxygen atoms in total. The lowest BCUT2D eigenvalue weighted by Gasteiger charge is -2.32. The zero-order valence-corrected chi connectivity index (χ0v) is 20.6. The standard InChI is InChI=1S/C27H36N2O5/c1-19(10-11-20-8-6-5-7-9-20)28-25(30)16-21-12-14-29(15-13-21)27(31)22-17-23(32-2)26(34-4)24(18-22)33-3/h5-9,17-19,21H,10-16H2,1-4H3,(H,28,30). The van der Waals surface area contributed by atoms with Gasteiger partial charge >= 0.3 is 0 Å². The number of nitrogens with zero attached hydrogens (tertiary/aromatic N) is 1. The molecule has 2 aromatic carbocycles. The Kier molecular flexibility index (Phi) is 9.19. The number of benzene rings is 2. The molecule has 0 aromatic heterocycles. The van der Waals surface area contributed by atoms with Crippen molar-refractivity contribution in [1.29, 1.82) is 0 Å². The molecule has 1 unspecified atom stereocenters. The van der Waals surface area contributed by atoms with Crippen molar-refractivity contribution in [3.05, 3.63) is 53.6 Å². The third kappa shape index (κ3) is 6.65. The Balaban J connectivity index is 1.47. The van der Waals surface area contributed by atoms with E-state index < -0.39 is 0 Å². The van der Waals surface area contributed by atoms with Crippen molar-refractivity contribution < 1.29 is 23.8 Å². The Morgan fingerprint density at radius 2 is 1.62 bits per heavy atom. The predicted molar refractivity (Wildman–Crippen MR) is 132 cm³/mol. The van der Waals surface area contributed by atoms with Crippen molar-refractivity contribution in [3.8, 4) is 17.2 Å². The topological polar surface area (TPSA) is 77.1 Å². The van der Waals surface area contributed by atoms with Crippen LogP contribution in [0.2, 0.25) is 0 Å². The van der Waals surface area contributed by atoms with Crippen LogP contribution in [0.1, 0.15) is 48.5 Å². The van der Waals surface area contributed by atoms with Crippen LogP contribution < -0.4 is 19.5 Å². The fourth-order valence-corrected chi connectivity index (χ4v) is 4.42. The van der Waals surface area contributed by atoms with Crippen LogP contribution in [0.4, 0.5) is 0 Å². The lowest BCUT2D eigenvalue weighted by molar-refractivity contribution is -0.122. The van der Waals surface area contributed by atoms with Gasteiger partial charge in [-0.05, 0) is 56.2 Å². The fourth-order valence-electron chi connectivity index (χ4n) is 4.42. The van der Waals surface area contributed by atoms with Crippen molar-refractivity contribution in [3.63, 3.8) is 0 Å². The highest BCUT2D eigenvalue weighted by atomic mass is 16.5. The quantitative estimate of drug-likeness (QED) is 0.568. The molecule has 1 heterocycles. The number of nitrogens with one attached hydrogen (secondary N) is 1. The number of hydrogen-bond donors (Lipinski definition) is 1. The van der Waals surface area contributed by atoms with Gasteiger partial charge in [-0.15, -0.1) is 0 Å². The van der Waals surface area contributed by atoms with Gasteiger partial charge in [0.25, 0.3) is 5.91 Å². The van der Waals surface area contributed by atoms with E-state index in [4.69, 9.17) is 14.2 Å². The number of hydrogen-bond acceptors (Lipinski definition) is 5. The van der Waals surface area contributed by atoms with Crippen LogP contribution >= 0.6 is 0 Å². The minimum atomic E-state index is -0.0725. The number of carbonyl (C=O) groups is 2. The van der Waals surface area contributed by atoms with Gasteiger partial charge in [0.15, 0.2) is 11.5 Å². The molecular weight excluding hydrogens is 432 g/mol. The van der Waals surface area contributed by atoms with Crippen molar-refractivity contribution in [2.75, 3.05) is 34.4 Å². The summed E-state index contributed by atoms with van der Waals surface area (Å²) in [5.41, 5.74) is 1.78. The molecule has 1 aliphatic rings. The molecule has 2 aromatic rings. The maximum absolute atomic E-state index is 13.1. The molecule has 0 spiro atoms. The number of amides is 2. The molecule has 1 aliphatic heterocycles. The number of carbonyl (C=O) groups excluding carboxylic acids is 2. The average Bonchev–Trinajstić information content (AvgIpc) is 2.87. The molecule has 3 rings (SSSR count). The number of methoxy groups -OCH3 is 3. The van der Waals surface area contributed by atoms with E-state index in [2.05, 4.69) is 24.4 Å². The minimum absolute atomic E-state index is 0.0725. The van der Waals surface area contributed by atoms with Crippen LogP contribution in [0.15, 0.2) is 42.5 Å². The molecular formula is C27H36N2O5. The van der Waals surface area contributed by atoms with E-state index >= 15 is 0 Å². The van der Waals surface area contributed by atoms with Gasteiger partial charge in [-0.2, -0.15) is 0 Å². The summed E-state index contributed by atoms with van der Waals surface area (Å²) in [4.78, 5) is 27.5. The lowest BCUT2D eigenvalue weighted by Crippen LogP contribution is -2.40. The highest BCUT2D eigenvalue weighted by Gasteiger charge is 2.27. The molecule has 0 aliphatic carbocycles. The smallest absolute Gasteiger partial charge is 0.254 e. The van der Waals surface area contributed by atoms with Gasteiger partial charge in [0.05, 0.1) is 21.3 Å². The van der Waals surface area contributed by atoms with E-state index in [1.807, 2.05) is 23.1 Å². The molecule has 7 heteroatoms. The van der Waals surface area contributed by atoms with Crippen LogP contribution in [0.3, 0.4) is 0 Å². The molecule has 0 bridgehead atoms. The minimum Gasteiger partial charge on any atom is -0.493 e. The van der Waals surface area contributed by atoms with Gasteiger partial charge in [-0.25, -0.2) is 0 Å². The Labute approximate surface area is 202 Å². The van der Waals surface area contributed by atoms with Crippen molar-refractivity contribution in [1.82, 2.24) is 10.2 Å². The molecule has 1 fully saturated rings. The van der Waals surface area contributed by atoms with Crippen molar-refractivity contribution in [2.24, 2.45) is 5.92 Å². The Morgan fingerprint density at radius 1 is 1.00 bits per heavy atom. The zero-order valence-electron chi connectivity index (χ0n) is 20.6. The summed E-state index contributed by atoms with van der Waals surface area (Å²) in [5.74, 6) is 1.68. The molecule has 0 radical (unpaired) electrons. The summed E-state index contributed by atoms with van der Waals surface area (Å²) in [7, 11) is 4.60.